The number of carbonyl (C=O) groups excluding carboxylic acids is 2. The van der Waals surface area contributed by atoms with Crippen LogP contribution in [0.25, 0.3) is 0 Å². The Morgan fingerprint density at radius 1 is 1.06 bits per heavy atom. The van der Waals surface area contributed by atoms with Crippen molar-refractivity contribution in [1.82, 2.24) is 10.2 Å². The van der Waals surface area contributed by atoms with Crippen molar-refractivity contribution in [2.45, 2.75) is 52.7 Å². The maximum absolute atomic E-state index is 13.5. The molecule has 186 valence electrons. The summed E-state index contributed by atoms with van der Waals surface area (Å²) in [7, 11) is -3.84. The second-order valence-corrected chi connectivity index (χ2v) is 11.0. The molecule has 2 aromatic rings. The van der Waals surface area contributed by atoms with Gasteiger partial charge in [-0.15, -0.1) is 0 Å². The molecule has 2 amide bonds. The third kappa shape index (κ3) is 7.35. The largest absolute Gasteiger partial charge is 0.352 e. The van der Waals surface area contributed by atoms with Crippen LogP contribution in [0, 0.1) is 6.92 Å². The van der Waals surface area contributed by atoms with E-state index in [1.807, 2.05) is 45.0 Å². The molecule has 0 aliphatic rings. The Balaban J connectivity index is 2.42. The number of amides is 2. The predicted molar refractivity (Wildman–Crippen MR) is 138 cm³/mol. The SMILES string of the molecule is CC[C@@H](C)NC(=O)[C@@H](C)N(Cc1ccccc1C)C(=O)CN(c1ccc(Cl)c(Cl)c1)S(C)(=O)=O. The highest BCUT2D eigenvalue weighted by Gasteiger charge is 2.30. The monoisotopic (exact) mass is 527 g/mol. The second kappa shape index (κ2) is 11.9. The highest BCUT2D eigenvalue weighted by molar-refractivity contribution is 7.92. The van der Waals surface area contributed by atoms with Crippen LogP contribution in [-0.2, 0) is 26.2 Å². The standard InChI is InChI=1S/C24H31Cl2N3O4S/c1-6-17(3)27-24(31)18(4)28(14-19-10-8-7-9-16(19)2)23(30)15-29(34(5,32)33)20-11-12-21(25)22(26)13-20/h7-13,17-18H,6,14-15H2,1-5H3,(H,27,31)/t17-,18-/m1/s1. The van der Waals surface area contributed by atoms with Gasteiger partial charge < -0.3 is 10.2 Å². The van der Waals surface area contributed by atoms with Crippen LogP contribution in [0.5, 0.6) is 0 Å². The van der Waals surface area contributed by atoms with Gasteiger partial charge in [-0.2, -0.15) is 0 Å². The number of hydrogen-bond donors (Lipinski definition) is 1. The molecule has 0 aliphatic carbocycles. The molecule has 0 aromatic heterocycles. The average molecular weight is 529 g/mol. The molecular formula is C24H31Cl2N3O4S. The Morgan fingerprint density at radius 2 is 1.71 bits per heavy atom. The number of carbonyl (C=O) groups is 2. The summed E-state index contributed by atoms with van der Waals surface area (Å²) in [6.07, 6.45) is 1.75. The van der Waals surface area contributed by atoms with Crippen LogP contribution in [0.2, 0.25) is 10.0 Å². The zero-order chi connectivity index (χ0) is 25.6. The number of nitrogens with one attached hydrogen (secondary N) is 1. The summed E-state index contributed by atoms with van der Waals surface area (Å²) in [6.45, 7) is 7.04. The number of nitrogens with zero attached hydrogens (tertiary/aromatic N) is 2. The molecule has 0 radical (unpaired) electrons. The van der Waals surface area contributed by atoms with E-state index in [4.69, 9.17) is 23.2 Å². The van der Waals surface area contributed by atoms with Crippen LogP contribution in [-0.4, -0.2) is 50.0 Å². The number of anilines is 1. The molecule has 0 saturated heterocycles. The van der Waals surface area contributed by atoms with Gasteiger partial charge in [0.1, 0.15) is 12.6 Å². The van der Waals surface area contributed by atoms with E-state index >= 15 is 0 Å². The van der Waals surface area contributed by atoms with E-state index in [2.05, 4.69) is 5.32 Å². The summed E-state index contributed by atoms with van der Waals surface area (Å²) in [4.78, 5) is 27.8. The molecule has 0 heterocycles. The topological polar surface area (TPSA) is 86.8 Å². The Hall–Kier alpha value is -2.29. The molecule has 0 spiro atoms. The normalized spacial score (nSPS) is 13.1. The van der Waals surface area contributed by atoms with Crippen LogP contribution >= 0.6 is 23.2 Å². The van der Waals surface area contributed by atoms with E-state index in [-0.39, 0.29) is 34.2 Å². The number of aryl methyl sites for hydroxylation is 1. The average Bonchev–Trinajstić information content (AvgIpc) is 2.77. The Morgan fingerprint density at radius 3 is 2.26 bits per heavy atom. The highest BCUT2D eigenvalue weighted by Crippen LogP contribution is 2.28. The Bertz CT molecular complexity index is 1140. The van der Waals surface area contributed by atoms with Crippen LogP contribution in [0.4, 0.5) is 5.69 Å². The lowest BCUT2D eigenvalue weighted by Gasteiger charge is -2.32. The summed E-state index contributed by atoms with van der Waals surface area (Å²) >= 11 is 12.1. The van der Waals surface area contributed by atoms with Crippen molar-refractivity contribution in [3.05, 3.63) is 63.6 Å². The third-order valence-corrected chi connectivity index (χ3v) is 7.52. The summed E-state index contributed by atoms with van der Waals surface area (Å²) in [5.41, 5.74) is 2.02. The molecule has 0 aliphatic heterocycles. The first kappa shape index (κ1) is 28.0. The van der Waals surface area contributed by atoms with E-state index in [9.17, 15) is 18.0 Å². The number of sulfonamides is 1. The minimum Gasteiger partial charge on any atom is -0.352 e. The fourth-order valence-electron chi connectivity index (χ4n) is 3.27. The van der Waals surface area contributed by atoms with Crippen LogP contribution in [0.1, 0.15) is 38.3 Å². The fraction of sp³-hybridized carbons (Fsp3) is 0.417. The van der Waals surface area contributed by atoms with Crippen molar-refractivity contribution in [3.8, 4) is 0 Å². The van der Waals surface area contributed by atoms with E-state index < -0.39 is 28.5 Å². The molecule has 1 N–H and O–H groups in total. The number of halogens is 2. The first-order chi connectivity index (χ1) is 15.8. The Kier molecular flexibility index (Phi) is 9.79. The maximum Gasteiger partial charge on any atom is 0.244 e. The smallest absolute Gasteiger partial charge is 0.244 e. The molecule has 0 saturated carbocycles. The fourth-order valence-corrected chi connectivity index (χ4v) is 4.41. The zero-order valence-corrected chi connectivity index (χ0v) is 22.3. The van der Waals surface area contributed by atoms with Crippen molar-refractivity contribution >= 4 is 50.7 Å². The van der Waals surface area contributed by atoms with Crippen LogP contribution in [0.3, 0.4) is 0 Å². The minimum atomic E-state index is -3.84. The number of benzene rings is 2. The first-order valence-electron chi connectivity index (χ1n) is 10.9. The van der Waals surface area contributed by atoms with Crippen LogP contribution < -0.4 is 9.62 Å². The summed E-state index contributed by atoms with van der Waals surface area (Å²) in [6, 6.07) is 11.0. The van der Waals surface area contributed by atoms with Gasteiger partial charge in [-0.3, -0.25) is 13.9 Å². The summed E-state index contributed by atoms with van der Waals surface area (Å²) in [5, 5.41) is 3.33. The van der Waals surface area contributed by atoms with Crippen molar-refractivity contribution in [3.63, 3.8) is 0 Å². The van der Waals surface area contributed by atoms with Gasteiger partial charge in [0.05, 0.1) is 22.0 Å². The van der Waals surface area contributed by atoms with Crippen molar-refractivity contribution in [1.29, 1.82) is 0 Å². The van der Waals surface area contributed by atoms with E-state index in [0.717, 1.165) is 28.1 Å². The van der Waals surface area contributed by atoms with Gasteiger partial charge in [-0.25, -0.2) is 8.42 Å². The Labute approximate surface area is 212 Å². The van der Waals surface area contributed by atoms with Gasteiger partial charge in [0, 0.05) is 12.6 Å². The van der Waals surface area contributed by atoms with Crippen molar-refractivity contribution < 1.29 is 18.0 Å². The van der Waals surface area contributed by atoms with Gasteiger partial charge in [-0.05, 0) is 56.5 Å². The molecule has 2 aromatic carbocycles. The second-order valence-electron chi connectivity index (χ2n) is 8.31. The van der Waals surface area contributed by atoms with Gasteiger partial charge in [0.2, 0.25) is 21.8 Å². The summed E-state index contributed by atoms with van der Waals surface area (Å²) in [5.74, 6) is -0.830. The molecular weight excluding hydrogens is 497 g/mol. The molecule has 0 fully saturated rings. The summed E-state index contributed by atoms with van der Waals surface area (Å²) < 4.78 is 26.1. The molecule has 10 heteroatoms. The lowest BCUT2D eigenvalue weighted by molar-refractivity contribution is -0.139. The van der Waals surface area contributed by atoms with Gasteiger partial charge in [-0.1, -0.05) is 54.4 Å². The highest BCUT2D eigenvalue weighted by atomic mass is 35.5. The molecule has 2 atom stereocenters. The lowest BCUT2D eigenvalue weighted by atomic mass is 10.1. The number of hydrogen-bond acceptors (Lipinski definition) is 4. The van der Waals surface area contributed by atoms with Crippen molar-refractivity contribution in [2.24, 2.45) is 0 Å². The minimum absolute atomic E-state index is 0.0610. The molecule has 0 bridgehead atoms. The van der Waals surface area contributed by atoms with Gasteiger partial charge >= 0.3 is 0 Å². The van der Waals surface area contributed by atoms with Crippen molar-refractivity contribution in [2.75, 3.05) is 17.1 Å². The van der Waals surface area contributed by atoms with E-state index in [1.165, 1.54) is 23.1 Å². The van der Waals surface area contributed by atoms with Gasteiger partial charge in [0.15, 0.2) is 0 Å². The molecule has 7 nitrogen and oxygen atoms in total. The third-order valence-electron chi connectivity index (χ3n) is 5.64. The van der Waals surface area contributed by atoms with Crippen LogP contribution in [0.15, 0.2) is 42.5 Å². The predicted octanol–water partition coefficient (Wildman–Crippen LogP) is 4.40. The quantitative estimate of drug-likeness (QED) is 0.495. The molecule has 34 heavy (non-hydrogen) atoms. The first-order valence-corrected chi connectivity index (χ1v) is 13.5. The zero-order valence-electron chi connectivity index (χ0n) is 20.0. The lowest BCUT2D eigenvalue weighted by Crippen LogP contribution is -2.52. The molecule has 2 rings (SSSR count). The van der Waals surface area contributed by atoms with Gasteiger partial charge in [0.25, 0.3) is 0 Å². The molecule has 0 unspecified atom stereocenters. The van der Waals surface area contributed by atoms with E-state index in [1.54, 1.807) is 6.92 Å². The number of rotatable bonds is 10. The maximum atomic E-state index is 13.5. The van der Waals surface area contributed by atoms with E-state index in [0.29, 0.717) is 0 Å².